The molecule has 3 rings (SSSR count). The molecule has 2 aliphatic rings. The molecule has 7 heteroatoms. The molecule has 1 aromatic rings. The number of hydrogen-bond donors (Lipinski definition) is 3. The standard InChI is InChI=1S/C20H27N3O4/c1-26-15-10-6-7-13(11-15)18-17(19(24)27-2)16(22-20(25)23-18)12-21-14-8-4-3-5-9-14/h6-7,10-11,14,18,21H,3-5,8-9,12H2,1-2H3,(H2,22,23,25)/p+1/t18-/m1/s1. The summed E-state index contributed by atoms with van der Waals surface area (Å²) >= 11 is 0. The second-order valence-corrected chi connectivity index (χ2v) is 7.03. The summed E-state index contributed by atoms with van der Waals surface area (Å²) in [6.07, 6.45) is 6.12. The molecule has 4 N–H and O–H groups in total. The first-order valence-corrected chi connectivity index (χ1v) is 9.48. The number of hydrogen-bond acceptors (Lipinski definition) is 4. The Bertz CT molecular complexity index is 726. The van der Waals surface area contributed by atoms with Gasteiger partial charge in [0.25, 0.3) is 0 Å². The quantitative estimate of drug-likeness (QED) is 0.656. The molecule has 1 atom stereocenters. The van der Waals surface area contributed by atoms with Gasteiger partial charge in [0.15, 0.2) is 0 Å². The number of amides is 2. The van der Waals surface area contributed by atoms with Crippen LogP contribution in [0.25, 0.3) is 0 Å². The van der Waals surface area contributed by atoms with Crippen LogP contribution in [0.1, 0.15) is 43.7 Å². The summed E-state index contributed by atoms with van der Waals surface area (Å²) < 4.78 is 10.3. The molecule has 0 spiro atoms. The molecule has 1 aliphatic heterocycles. The highest BCUT2D eigenvalue weighted by Crippen LogP contribution is 2.29. The first-order chi connectivity index (χ1) is 13.1. The Hall–Kier alpha value is -2.54. The summed E-state index contributed by atoms with van der Waals surface area (Å²) in [6, 6.07) is 6.99. The van der Waals surface area contributed by atoms with E-state index in [9.17, 15) is 9.59 Å². The number of methoxy groups -OCH3 is 2. The molecule has 0 bridgehead atoms. The normalized spacial score (nSPS) is 20.7. The molecule has 1 saturated carbocycles. The van der Waals surface area contributed by atoms with Crippen molar-refractivity contribution in [2.45, 2.75) is 44.2 Å². The van der Waals surface area contributed by atoms with E-state index in [4.69, 9.17) is 9.47 Å². The number of rotatable bonds is 6. The van der Waals surface area contributed by atoms with Crippen molar-refractivity contribution in [1.29, 1.82) is 0 Å². The maximum absolute atomic E-state index is 12.6. The molecule has 1 heterocycles. The lowest BCUT2D eigenvalue weighted by atomic mass is 9.93. The summed E-state index contributed by atoms with van der Waals surface area (Å²) in [6.45, 7) is 0.545. The molecule has 146 valence electrons. The first-order valence-electron chi connectivity index (χ1n) is 9.48. The summed E-state index contributed by atoms with van der Waals surface area (Å²) in [5, 5.41) is 7.88. The van der Waals surface area contributed by atoms with Crippen LogP contribution in [0.4, 0.5) is 4.79 Å². The van der Waals surface area contributed by atoms with E-state index in [2.05, 4.69) is 16.0 Å². The van der Waals surface area contributed by atoms with Crippen LogP contribution in [-0.2, 0) is 9.53 Å². The van der Waals surface area contributed by atoms with Gasteiger partial charge < -0.3 is 25.4 Å². The molecule has 0 saturated heterocycles. The molecule has 27 heavy (non-hydrogen) atoms. The summed E-state index contributed by atoms with van der Waals surface area (Å²) in [4.78, 5) is 24.8. The average Bonchev–Trinajstić information content (AvgIpc) is 2.72. The van der Waals surface area contributed by atoms with E-state index < -0.39 is 12.0 Å². The van der Waals surface area contributed by atoms with Crippen LogP contribution in [-0.4, -0.2) is 38.8 Å². The number of carbonyl (C=O) groups is 2. The zero-order valence-corrected chi connectivity index (χ0v) is 15.9. The van der Waals surface area contributed by atoms with Gasteiger partial charge in [-0.2, -0.15) is 0 Å². The predicted octanol–water partition coefficient (Wildman–Crippen LogP) is 1.37. The summed E-state index contributed by atoms with van der Waals surface area (Å²) in [5.74, 6) is 0.224. The number of esters is 1. The number of benzene rings is 1. The number of carbonyl (C=O) groups excluding carboxylic acids is 2. The topological polar surface area (TPSA) is 93.3 Å². The van der Waals surface area contributed by atoms with Crippen LogP contribution >= 0.6 is 0 Å². The predicted molar refractivity (Wildman–Crippen MR) is 100 cm³/mol. The Labute approximate surface area is 159 Å². The minimum atomic E-state index is -0.573. The van der Waals surface area contributed by atoms with E-state index in [1.165, 1.54) is 39.2 Å². The van der Waals surface area contributed by atoms with Gasteiger partial charge in [-0.1, -0.05) is 18.6 Å². The molecule has 1 fully saturated rings. The number of quaternary nitrogens is 1. The largest absolute Gasteiger partial charge is 0.497 e. The van der Waals surface area contributed by atoms with E-state index in [-0.39, 0.29) is 6.03 Å². The minimum absolute atomic E-state index is 0.317. The molecule has 0 radical (unpaired) electrons. The van der Waals surface area contributed by atoms with Gasteiger partial charge in [0, 0.05) is 0 Å². The second-order valence-electron chi connectivity index (χ2n) is 7.03. The highest BCUT2D eigenvalue weighted by Gasteiger charge is 2.34. The zero-order valence-electron chi connectivity index (χ0n) is 15.9. The molecule has 0 unspecified atom stereocenters. The molecular weight excluding hydrogens is 346 g/mol. The third-order valence-electron chi connectivity index (χ3n) is 5.29. The van der Waals surface area contributed by atoms with Crippen LogP contribution in [0, 0.1) is 0 Å². The third kappa shape index (κ3) is 4.60. The van der Waals surface area contributed by atoms with Gasteiger partial charge in [0.05, 0.1) is 37.6 Å². The Morgan fingerprint density at radius 2 is 2.00 bits per heavy atom. The monoisotopic (exact) mass is 374 g/mol. The fourth-order valence-electron chi connectivity index (χ4n) is 3.86. The molecule has 7 nitrogen and oxygen atoms in total. The SMILES string of the molecule is COC(=O)C1=C(C[NH2+]C2CCCCC2)NC(=O)N[C@@H]1c1cccc(OC)c1. The second kappa shape index (κ2) is 8.90. The molecule has 0 aromatic heterocycles. The van der Waals surface area contributed by atoms with Crippen LogP contribution in [0.2, 0.25) is 0 Å². The van der Waals surface area contributed by atoms with Crippen molar-refractivity contribution in [1.82, 2.24) is 10.6 Å². The zero-order chi connectivity index (χ0) is 19.2. The van der Waals surface area contributed by atoms with Crippen molar-refractivity contribution < 1.29 is 24.4 Å². The van der Waals surface area contributed by atoms with Gasteiger partial charge in [-0.05, 0) is 43.4 Å². The molecule has 2 amide bonds. The van der Waals surface area contributed by atoms with Gasteiger partial charge in [0.2, 0.25) is 0 Å². The lowest BCUT2D eigenvalue weighted by molar-refractivity contribution is -0.685. The Morgan fingerprint density at radius 1 is 1.22 bits per heavy atom. The minimum Gasteiger partial charge on any atom is -0.497 e. The highest BCUT2D eigenvalue weighted by molar-refractivity contribution is 5.95. The van der Waals surface area contributed by atoms with E-state index in [0.29, 0.717) is 29.6 Å². The lowest BCUT2D eigenvalue weighted by Crippen LogP contribution is -2.91. The fraction of sp³-hybridized carbons (Fsp3) is 0.500. The number of ether oxygens (including phenoxy) is 2. The van der Waals surface area contributed by atoms with E-state index in [1.54, 1.807) is 7.11 Å². The first kappa shape index (κ1) is 19.2. The van der Waals surface area contributed by atoms with Crippen molar-refractivity contribution >= 4 is 12.0 Å². The average molecular weight is 374 g/mol. The third-order valence-corrected chi connectivity index (χ3v) is 5.29. The van der Waals surface area contributed by atoms with Crippen LogP contribution in [0.15, 0.2) is 35.5 Å². The van der Waals surface area contributed by atoms with Crippen molar-refractivity contribution in [2.24, 2.45) is 0 Å². The van der Waals surface area contributed by atoms with E-state index in [1.807, 2.05) is 24.3 Å². The van der Waals surface area contributed by atoms with Crippen molar-refractivity contribution in [3.05, 3.63) is 41.1 Å². The summed E-state index contributed by atoms with van der Waals surface area (Å²) in [5.41, 5.74) is 1.83. The maximum Gasteiger partial charge on any atom is 0.338 e. The Balaban J connectivity index is 1.90. The number of nitrogens with two attached hydrogens (primary N) is 1. The van der Waals surface area contributed by atoms with Crippen molar-refractivity contribution in [3.8, 4) is 5.75 Å². The maximum atomic E-state index is 12.6. The number of nitrogens with one attached hydrogen (secondary N) is 2. The smallest absolute Gasteiger partial charge is 0.338 e. The van der Waals surface area contributed by atoms with Crippen LogP contribution in [0.3, 0.4) is 0 Å². The molecule has 1 aromatic carbocycles. The summed E-state index contributed by atoms with van der Waals surface area (Å²) in [7, 11) is 2.94. The van der Waals surface area contributed by atoms with Gasteiger partial charge in [-0.3, -0.25) is 0 Å². The molecule has 1 aliphatic carbocycles. The van der Waals surface area contributed by atoms with E-state index in [0.717, 1.165) is 5.56 Å². The van der Waals surface area contributed by atoms with Gasteiger partial charge in [-0.15, -0.1) is 0 Å². The molecular formula is C20H28N3O4+. The van der Waals surface area contributed by atoms with Gasteiger partial charge >= 0.3 is 12.0 Å². The van der Waals surface area contributed by atoms with Crippen molar-refractivity contribution in [2.75, 3.05) is 20.8 Å². The van der Waals surface area contributed by atoms with Gasteiger partial charge in [-0.25, -0.2) is 9.59 Å². The van der Waals surface area contributed by atoms with Crippen LogP contribution in [0.5, 0.6) is 5.75 Å². The number of urea groups is 1. The Kier molecular flexibility index (Phi) is 6.34. The fourth-order valence-corrected chi connectivity index (χ4v) is 3.86. The Morgan fingerprint density at radius 3 is 2.70 bits per heavy atom. The van der Waals surface area contributed by atoms with Crippen LogP contribution < -0.4 is 20.7 Å². The van der Waals surface area contributed by atoms with E-state index >= 15 is 0 Å². The lowest BCUT2D eigenvalue weighted by Gasteiger charge is -2.29. The van der Waals surface area contributed by atoms with Crippen molar-refractivity contribution in [3.63, 3.8) is 0 Å². The van der Waals surface area contributed by atoms with Gasteiger partial charge in [0.1, 0.15) is 12.3 Å². The highest BCUT2D eigenvalue weighted by atomic mass is 16.5.